The molecule has 0 radical (unpaired) electrons. The van der Waals surface area contributed by atoms with Gasteiger partial charge in [-0.15, -0.1) is 0 Å². The zero-order valence-electron chi connectivity index (χ0n) is 16.4. The Morgan fingerprint density at radius 3 is 1.96 bits per heavy atom. The van der Waals surface area contributed by atoms with Crippen molar-refractivity contribution in [1.29, 1.82) is 0 Å². The fourth-order valence-electron chi connectivity index (χ4n) is 2.78. The van der Waals surface area contributed by atoms with Gasteiger partial charge in [0.05, 0.1) is 0 Å². The maximum absolute atomic E-state index is 12.8. The predicted molar refractivity (Wildman–Crippen MR) is 107 cm³/mol. The Morgan fingerprint density at radius 2 is 1.38 bits per heavy atom. The summed E-state index contributed by atoms with van der Waals surface area (Å²) in [5.41, 5.74) is 3.30. The van der Waals surface area contributed by atoms with E-state index < -0.39 is 5.41 Å². The second-order valence-electron chi connectivity index (χ2n) is 7.54. The first-order chi connectivity index (χ1) is 12.1. The molecule has 4 heteroatoms. The number of benzene rings is 2. The molecule has 0 aliphatic rings. The van der Waals surface area contributed by atoms with Crippen LogP contribution in [0.5, 0.6) is 0 Å². The normalized spacial score (nSPS) is 11.3. The zero-order chi connectivity index (χ0) is 19.5. The van der Waals surface area contributed by atoms with Crippen LogP contribution in [0.1, 0.15) is 50.3 Å². The van der Waals surface area contributed by atoms with E-state index in [0.717, 1.165) is 28.1 Å². The molecular weight excluding hydrogens is 324 g/mol. The van der Waals surface area contributed by atoms with E-state index in [1.807, 2.05) is 56.3 Å². The maximum atomic E-state index is 12.8. The number of hydrogen-bond donors (Lipinski definition) is 2. The first kappa shape index (κ1) is 19.7. The third kappa shape index (κ3) is 4.13. The van der Waals surface area contributed by atoms with E-state index in [1.165, 1.54) is 0 Å². The summed E-state index contributed by atoms with van der Waals surface area (Å²) < 4.78 is 0. The number of hydrogen-bond acceptors (Lipinski definition) is 2. The molecule has 2 rings (SSSR count). The van der Waals surface area contributed by atoms with Gasteiger partial charge < -0.3 is 10.6 Å². The van der Waals surface area contributed by atoms with Crippen LogP contribution in [0.4, 0.5) is 11.4 Å². The van der Waals surface area contributed by atoms with Gasteiger partial charge in [-0.3, -0.25) is 9.59 Å². The van der Waals surface area contributed by atoms with E-state index in [9.17, 15) is 9.59 Å². The Morgan fingerprint density at radius 1 is 0.846 bits per heavy atom. The fourth-order valence-corrected chi connectivity index (χ4v) is 2.78. The van der Waals surface area contributed by atoms with Gasteiger partial charge in [-0.05, 0) is 56.4 Å². The number of rotatable bonds is 5. The van der Waals surface area contributed by atoms with Gasteiger partial charge in [0.1, 0.15) is 5.41 Å². The third-order valence-corrected chi connectivity index (χ3v) is 4.69. The van der Waals surface area contributed by atoms with Crippen molar-refractivity contribution in [2.75, 3.05) is 10.6 Å². The molecule has 26 heavy (non-hydrogen) atoms. The highest BCUT2D eigenvalue weighted by molar-refractivity contribution is 6.14. The number of carbonyl (C=O) groups excluding carboxylic acids is 2. The van der Waals surface area contributed by atoms with Crippen molar-refractivity contribution in [3.8, 4) is 0 Å². The molecule has 0 bridgehead atoms. The summed E-state index contributed by atoms with van der Waals surface area (Å²) in [4.78, 5) is 25.7. The van der Waals surface area contributed by atoms with Gasteiger partial charge >= 0.3 is 0 Å². The molecule has 0 aromatic heterocycles. The minimum absolute atomic E-state index is 0.276. The van der Waals surface area contributed by atoms with Crippen LogP contribution in [-0.2, 0) is 9.59 Å². The molecule has 0 heterocycles. The second-order valence-corrected chi connectivity index (χ2v) is 7.54. The standard InChI is InChI=1S/C22H28N2O2/c1-14(2)17-12-7-8-13-18(17)23-20(25)22(5,6)21(26)24-19-15(3)10-9-11-16(19)4/h7-14H,1-6H3,(H,23,25)(H,24,26). The number of aryl methyl sites for hydroxylation is 2. The molecule has 2 N–H and O–H groups in total. The van der Waals surface area contributed by atoms with E-state index in [4.69, 9.17) is 0 Å². The van der Waals surface area contributed by atoms with Gasteiger partial charge in [0, 0.05) is 11.4 Å². The van der Waals surface area contributed by atoms with E-state index in [0.29, 0.717) is 0 Å². The maximum Gasteiger partial charge on any atom is 0.239 e. The molecule has 0 saturated carbocycles. The van der Waals surface area contributed by atoms with Gasteiger partial charge in [0.2, 0.25) is 11.8 Å². The van der Waals surface area contributed by atoms with Gasteiger partial charge in [-0.2, -0.15) is 0 Å². The van der Waals surface area contributed by atoms with Crippen LogP contribution in [0.3, 0.4) is 0 Å². The minimum atomic E-state index is -1.21. The van der Waals surface area contributed by atoms with Crippen LogP contribution >= 0.6 is 0 Å². The second kappa shape index (κ2) is 7.73. The summed E-state index contributed by atoms with van der Waals surface area (Å²) in [6.07, 6.45) is 0. The third-order valence-electron chi connectivity index (χ3n) is 4.69. The number of amides is 2. The number of nitrogens with one attached hydrogen (secondary N) is 2. The van der Waals surface area contributed by atoms with Crippen LogP contribution in [0.25, 0.3) is 0 Å². The lowest BCUT2D eigenvalue weighted by atomic mass is 9.90. The van der Waals surface area contributed by atoms with E-state index in [2.05, 4.69) is 24.5 Å². The van der Waals surface area contributed by atoms with E-state index in [-0.39, 0.29) is 17.7 Å². The molecule has 0 aliphatic heterocycles. The molecule has 138 valence electrons. The van der Waals surface area contributed by atoms with Crippen LogP contribution in [0.2, 0.25) is 0 Å². The van der Waals surface area contributed by atoms with Crippen molar-refractivity contribution in [1.82, 2.24) is 0 Å². The van der Waals surface area contributed by atoms with Crippen LogP contribution < -0.4 is 10.6 Å². The highest BCUT2D eigenvalue weighted by Crippen LogP contribution is 2.28. The van der Waals surface area contributed by atoms with Crippen molar-refractivity contribution in [2.24, 2.45) is 5.41 Å². The molecule has 0 saturated heterocycles. The quantitative estimate of drug-likeness (QED) is 0.742. The van der Waals surface area contributed by atoms with E-state index >= 15 is 0 Å². The van der Waals surface area contributed by atoms with Crippen LogP contribution in [0, 0.1) is 19.3 Å². The Bertz CT molecular complexity index is 802. The topological polar surface area (TPSA) is 58.2 Å². The Labute approximate surface area is 156 Å². The lowest BCUT2D eigenvalue weighted by molar-refractivity contribution is -0.135. The van der Waals surface area contributed by atoms with E-state index in [1.54, 1.807) is 13.8 Å². The molecule has 2 aromatic carbocycles. The fraction of sp³-hybridized carbons (Fsp3) is 0.364. The molecular formula is C22H28N2O2. The monoisotopic (exact) mass is 352 g/mol. The molecule has 4 nitrogen and oxygen atoms in total. The molecule has 0 aliphatic carbocycles. The Kier molecular flexibility index (Phi) is 5.86. The largest absolute Gasteiger partial charge is 0.325 e. The average Bonchev–Trinajstić information content (AvgIpc) is 2.58. The zero-order valence-corrected chi connectivity index (χ0v) is 16.4. The summed E-state index contributed by atoms with van der Waals surface area (Å²) in [6.45, 7) is 11.3. The lowest BCUT2D eigenvalue weighted by Crippen LogP contribution is -2.42. The van der Waals surface area contributed by atoms with Crippen molar-refractivity contribution < 1.29 is 9.59 Å². The van der Waals surface area contributed by atoms with Gasteiger partial charge in [0.25, 0.3) is 0 Å². The van der Waals surface area contributed by atoms with Gasteiger partial charge in [-0.1, -0.05) is 50.2 Å². The van der Waals surface area contributed by atoms with Gasteiger partial charge in [0.15, 0.2) is 0 Å². The minimum Gasteiger partial charge on any atom is -0.325 e. The number of anilines is 2. The summed E-state index contributed by atoms with van der Waals surface area (Å²) in [7, 11) is 0. The van der Waals surface area contributed by atoms with Crippen LogP contribution in [-0.4, -0.2) is 11.8 Å². The van der Waals surface area contributed by atoms with Crippen molar-refractivity contribution >= 4 is 23.2 Å². The summed E-state index contributed by atoms with van der Waals surface area (Å²) in [6, 6.07) is 13.5. The van der Waals surface area contributed by atoms with Crippen molar-refractivity contribution in [2.45, 2.75) is 47.5 Å². The highest BCUT2D eigenvalue weighted by Gasteiger charge is 2.36. The lowest BCUT2D eigenvalue weighted by Gasteiger charge is -2.25. The molecule has 0 fully saturated rings. The number of para-hydroxylation sites is 2. The average molecular weight is 352 g/mol. The predicted octanol–water partition coefficient (Wildman–Crippen LogP) is 5.03. The molecule has 0 spiro atoms. The Hall–Kier alpha value is -2.62. The Balaban J connectivity index is 2.21. The summed E-state index contributed by atoms with van der Waals surface area (Å²) >= 11 is 0. The molecule has 0 atom stereocenters. The highest BCUT2D eigenvalue weighted by atomic mass is 16.2. The molecule has 2 aromatic rings. The SMILES string of the molecule is Cc1cccc(C)c1NC(=O)C(C)(C)C(=O)Nc1ccccc1C(C)C. The smallest absolute Gasteiger partial charge is 0.239 e. The number of carbonyl (C=O) groups is 2. The van der Waals surface area contributed by atoms with Crippen molar-refractivity contribution in [3.63, 3.8) is 0 Å². The summed E-state index contributed by atoms with van der Waals surface area (Å²) in [5.74, 6) is -0.373. The summed E-state index contributed by atoms with van der Waals surface area (Å²) in [5, 5.41) is 5.85. The molecule has 0 unspecified atom stereocenters. The van der Waals surface area contributed by atoms with Crippen molar-refractivity contribution in [3.05, 3.63) is 59.2 Å². The molecule has 2 amide bonds. The first-order valence-electron chi connectivity index (χ1n) is 8.92. The van der Waals surface area contributed by atoms with Gasteiger partial charge in [-0.25, -0.2) is 0 Å². The first-order valence-corrected chi connectivity index (χ1v) is 8.92. The van der Waals surface area contributed by atoms with Crippen LogP contribution in [0.15, 0.2) is 42.5 Å².